The molecule has 0 aromatic rings. The standard InChI is InChI=1S/C15H28O2/c1-11-6-7-13-4-3-5-14(12(2)8-16)15(13)10-17-9-11/h11-16H,3-10H2,1-2H3/t11?,12-,13+,14-,15?/m0/s1. The van der Waals surface area contributed by atoms with E-state index >= 15 is 0 Å². The molecule has 1 N–H and O–H groups in total. The van der Waals surface area contributed by atoms with Gasteiger partial charge in [-0.25, -0.2) is 0 Å². The Labute approximate surface area is 106 Å². The van der Waals surface area contributed by atoms with Gasteiger partial charge < -0.3 is 9.84 Å². The number of aliphatic hydroxyl groups is 1. The van der Waals surface area contributed by atoms with E-state index in [4.69, 9.17) is 4.74 Å². The van der Waals surface area contributed by atoms with Gasteiger partial charge in [0, 0.05) is 19.8 Å². The van der Waals surface area contributed by atoms with Gasteiger partial charge in [-0.3, -0.25) is 0 Å². The Kier molecular flexibility index (Phi) is 4.87. The van der Waals surface area contributed by atoms with Crippen LogP contribution in [-0.2, 0) is 4.74 Å². The van der Waals surface area contributed by atoms with Crippen molar-refractivity contribution >= 4 is 0 Å². The van der Waals surface area contributed by atoms with Gasteiger partial charge in [0.25, 0.3) is 0 Å². The molecule has 5 atom stereocenters. The van der Waals surface area contributed by atoms with Crippen molar-refractivity contribution in [1.82, 2.24) is 0 Å². The molecule has 2 rings (SSSR count). The molecule has 100 valence electrons. The predicted molar refractivity (Wildman–Crippen MR) is 69.8 cm³/mol. The fourth-order valence-corrected chi connectivity index (χ4v) is 3.84. The second kappa shape index (κ2) is 6.19. The zero-order chi connectivity index (χ0) is 12.3. The summed E-state index contributed by atoms with van der Waals surface area (Å²) in [7, 11) is 0. The van der Waals surface area contributed by atoms with Crippen LogP contribution in [0.1, 0.15) is 46.0 Å². The Balaban J connectivity index is 2.01. The van der Waals surface area contributed by atoms with Crippen LogP contribution in [0.25, 0.3) is 0 Å². The Morgan fingerprint density at radius 3 is 2.76 bits per heavy atom. The average Bonchev–Trinajstić information content (AvgIpc) is 2.33. The van der Waals surface area contributed by atoms with E-state index in [1.165, 1.54) is 32.1 Å². The summed E-state index contributed by atoms with van der Waals surface area (Å²) >= 11 is 0. The molecule has 0 aromatic carbocycles. The number of hydrogen-bond acceptors (Lipinski definition) is 2. The smallest absolute Gasteiger partial charge is 0.0499 e. The zero-order valence-electron chi connectivity index (χ0n) is 11.4. The molecular weight excluding hydrogens is 212 g/mol. The summed E-state index contributed by atoms with van der Waals surface area (Å²) in [6, 6.07) is 0. The summed E-state index contributed by atoms with van der Waals surface area (Å²) < 4.78 is 5.90. The van der Waals surface area contributed by atoms with Gasteiger partial charge in [0.05, 0.1) is 0 Å². The molecular formula is C15H28O2. The third-order valence-corrected chi connectivity index (χ3v) is 5.03. The van der Waals surface area contributed by atoms with Crippen molar-refractivity contribution < 1.29 is 9.84 Å². The predicted octanol–water partition coefficient (Wildman–Crippen LogP) is 3.09. The lowest BCUT2D eigenvalue weighted by molar-refractivity contribution is -0.0277. The van der Waals surface area contributed by atoms with Crippen LogP contribution in [0, 0.1) is 29.6 Å². The third-order valence-electron chi connectivity index (χ3n) is 5.03. The highest BCUT2D eigenvalue weighted by Gasteiger charge is 2.36. The van der Waals surface area contributed by atoms with E-state index in [0.29, 0.717) is 24.4 Å². The molecule has 1 heterocycles. The number of rotatable bonds is 2. The molecule has 0 aromatic heterocycles. The van der Waals surface area contributed by atoms with Gasteiger partial charge in [-0.2, -0.15) is 0 Å². The molecule has 2 nitrogen and oxygen atoms in total. The molecule has 2 fully saturated rings. The summed E-state index contributed by atoms with van der Waals surface area (Å²) in [5.41, 5.74) is 0. The van der Waals surface area contributed by atoms with Gasteiger partial charge in [0.2, 0.25) is 0 Å². The van der Waals surface area contributed by atoms with Crippen molar-refractivity contribution in [1.29, 1.82) is 0 Å². The molecule has 1 saturated heterocycles. The molecule has 1 aliphatic carbocycles. The molecule has 1 saturated carbocycles. The van der Waals surface area contributed by atoms with E-state index < -0.39 is 0 Å². The SMILES string of the molecule is CC1CC[C@H]2CCC[C@@H]([C@@H](C)CO)C2COC1. The fourth-order valence-electron chi connectivity index (χ4n) is 3.84. The minimum Gasteiger partial charge on any atom is -0.396 e. The third kappa shape index (κ3) is 3.23. The highest BCUT2D eigenvalue weighted by molar-refractivity contribution is 4.86. The van der Waals surface area contributed by atoms with Crippen molar-refractivity contribution in [3.63, 3.8) is 0 Å². The lowest BCUT2D eigenvalue weighted by Gasteiger charge is -2.42. The fraction of sp³-hybridized carbons (Fsp3) is 1.00. The highest BCUT2D eigenvalue weighted by atomic mass is 16.5. The maximum atomic E-state index is 9.40. The molecule has 0 amide bonds. The van der Waals surface area contributed by atoms with Gasteiger partial charge in [-0.1, -0.05) is 26.7 Å². The topological polar surface area (TPSA) is 29.5 Å². The minimum atomic E-state index is 0.338. The average molecular weight is 240 g/mol. The number of aliphatic hydroxyl groups excluding tert-OH is 1. The Hall–Kier alpha value is -0.0800. The molecule has 2 heteroatoms. The first kappa shape index (κ1) is 13.4. The molecule has 0 radical (unpaired) electrons. The highest BCUT2D eigenvalue weighted by Crippen LogP contribution is 2.42. The first-order chi connectivity index (χ1) is 8.22. The largest absolute Gasteiger partial charge is 0.396 e. The number of ether oxygens (including phenoxy) is 1. The summed E-state index contributed by atoms with van der Waals surface area (Å²) in [4.78, 5) is 0. The van der Waals surface area contributed by atoms with Gasteiger partial charge in [0.15, 0.2) is 0 Å². The van der Waals surface area contributed by atoms with Crippen LogP contribution in [0.4, 0.5) is 0 Å². The maximum Gasteiger partial charge on any atom is 0.0499 e. The Bertz CT molecular complexity index is 229. The lowest BCUT2D eigenvalue weighted by Crippen LogP contribution is -2.38. The van der Waals surface area contributed by atoms with E-state index in [1.807, 2.05) is 0 Å². The van der Waals surface area contributed by atoms with E-state index in [1.54, 1.807) is 0 Å². The number of fused-ring (bicyclic) bond motifs is 1. The Morgan fingerprint density at radius 1 is 1.18 bits per heavy atom. The second-order valence-corrected chi connectivity index (χ2v) is 6.40. The van der Waals surface area contributed by atoms with E-state index in [9.17, 15) is 5.11 Å². The van der Waals surface area contributed by atoms with Gasteiger partial charge in [0.1, 0.15) is 0 Å². The summed E-state index contributed by atoms with van der Waals surface area (Å²) in [5.74, 6) is 3.42. The van der Waals surface area contributed by atoms with Crippen LogP contribution in [0.15, 0.2) is 0 Å². The first-order valence-electron chi connectivity index (χ1n) is 7.41. The number of hydrogen-bond donors (Lipinski definition) is 1. The molecule has 2 unspecified atom stereocenters. The summed E-state index contributed by atoms with van der Waals surface area (Å²) in [5, 5.41) is 9.40. The molecule has 17 heavy (non-hydrogen) atoms. The normalized spacial score (nSPS) is 41.1. The summed E-state index contributed by atoms with van der Waals surface area (Å²) in [6.45, 7) is 6.71. The van der Waals surface area contributed by atoms with E-state index in [-0.39, 0.29) is 0 Å². The van der Waals surface area contributed by atoms with Gasteiger partial charge in [-0.05, 0) is 48.9 Å². The van der Waals surface area contributed by atoms with Crippen molar-refractivity contribution in [2.45, 2.75) is 46.0 Å². The first-order valence-corrected chi connectivity index (χ1v) is 7.41. The maximum absolute atomic E-state index is 9.40. The van der Waals surface area contributed by atoms with Gasteiger partial charge in [-0.15, -0.1) is 0 Å². The quantitative estimate of drug-likeness (QED) is 0.803. The molecule has 0 spiro atoms. The van der Waals surface area contributed by atoms with Crippen LogP contribution >= 0.6 is 0 Å². The van der Waals surface area contributed by atoms with Crippen LogP contribution < -0.4 is 0 Å². The minimum absolute atomic E-state index is 0.338. The van der Waals surface area contributed by atoms with Crippen LogP contribution in [0.2, 0.25) is 0 Å². The Morgan fingerprint density at radius 2 is 2.00 bits per heavy atom. The second-order valence-electron chi connectivity index (χ2n) is 6.40. The molecule has 0 bridgehead atoms. The van der Waals surface area contributed by atoms with E-state index in [0.717, 1.165) is 25.0 Å². The van der Waals surface area contributed by atoms with Crippen LogP contribution in [0.3, 0.4) is 0 Å². The van der Waals surface area contributed by atoms with Crippen molar-refractivity contribution in [2.24, 2.45) is 29.6 Å². The monoisotopic (exact) mass is 240 g/mol. The van der Waals surface area contributed by atoms with Gasteiger partial charge >= 0.3 is 0 Å². The molecule has 2 aliphatic rings. The molecule has 1 aliphatic heterocycles. The van der Waals surface area contributed by atoms with Crippen LogP contribution in [0.5, 0.6) is 0 Å². The van der Waals surface area contributed by atoms with Crippen molar-refractivity contribution in [3.05, 3.63) is 0 Å². The van der Waals surface area contributed by atoms with Crippen molar-refractivity contribution in [2.75, 3.05) is 19.8 Å². The van der Waals surface area contributed by atoms with Crippen LogP contribution in [-0.4, -0.2) is 24.9 Å². The zero-order valence-corrected chi connectivity index (χ0v) is 11.4. The van der Waals surface area contributed by atoms with E-state index in [2.05, 4.69) is 13.8 Å². The lowest BCUT2D eigenvalue weighted by atomic mass is 9.66. The van der Waals surface area contributed by atoms with Crippen molar-refractivity contribution in [3.8, 4) is 0 Å². The summed E-state index contributed by atoms with van der Waals surface area (Å²) in [6.07, 6.45) is 6.73.